The van der Waals surface area contributed by atoms with Crippen molar-refractivity contribution in [2.45, 2.75) is 59.0 Å². The van der Waals surface area contributed by atoms with E-state index >= 15 is 0 Å². The fraction of sp³-hybridized carbons (Fsp3) is 0.382. The van der Waals surface area contributed by atoms with Gasteiger partial charge in [-0.3, -0.25) is 9.59 Å². The quantitative estimate of drug-likeness (QED) is 0.0787. The van der Waals surface area contributed by atoms with Crippen LogP contribution in [0.5, 0.6) is 11.5 Å². The summed E-state index contributed by atoms with van der Waals surface area (Å²) >= 11 is 6.27. The molecule has 0 bridgehead atoms. The fourth-order valence-corrected chi connectivity index (χ4v) is 6.52. The molecule has 1 N–H and O–H groups in total. The van der Waals surface area contributed by atoms with Crippen LogP contribution in [0.2, 0.25) is 5.15 Å². The molecule has 49 heavy (non-hydrogen) atoms. The summed E-state index contributed by atoms with van der Waals surface area (Å²) in [5.41, 5.74) is -3.22. The van der Waals surface area contributed by atoms with E-state index in [1.54, 1.807) is 19.1 Å². The number of piperidine rings is 1. The van der Waals surface area contributed by atoms with Gasteiger partial charge in [0.1, 0.15) is 22.0 Å². The number of aryl methyl sites for hydroxylation is 1. The van der Waals surface area contributed by atoms with Gasteiger partial charge in [0.05, 0.1) is 35.5 Å². The summed E-state index contributed by atoms with van der Waals surface area (Å²) in [5, 5.41) is 3.83. The van der Waals surface area contributed by atoms with Gasteiger partial charge in [0.25, 0.3) is 0 Å². The van der Waals surface area contributed by atoms with E-state index in [1.165, 1.54) is 12.1 Å². The number of hydrogen-bond donors (Lipinski definition) is 1. The van der Waals surface area contributed by atoms with Crippen LogP contribution in [-0.2, 0) is 10.1 Å². The number of carbonyl (C=O) groups excluding carboxylic acids is 1. The van der Waals surface area contributed by atoms with E-state index in [-0.39, 0.29) is 39.3 Å². The van der Waals surface area contributed by atoms with Crippen molar-refractivity contribution in [3.8, 4) is 22.8 Å². The molecule has 1 saturated heterocycles. The molecule has 4 aromatic rings. The number of anilines is 2. The molecule has 1 atom stereocenters. The first kappa shape index (κ1) is 36.0. The zero-order chi connectivity index (χ0) is 36.1. The molecule has 1 aliphatic rings. The van der Waals surface area contributed by atoms with Gasteiger partial charge in [-0.2, -0.15) is 21.6 Å². The Morgan fingerprint density at radius 1 is 1.12 bits per heavy atom. The van der Waals surface area contributed by atoms with Gasteiger partial charge in [-0.15, -0.1) is 0 Å². The Kier molecular flexibility index (Phi) is 9.69. The lowest BCUT2D eigenvalue weighted by Gasteiger charge is -2.37. The third-order valence-corrected chi connectivity index (χ3v) is 9.86. The van der Waals surface area contributed by atoms with Crippen molar-refractivity contribution in [2.75, 3.05) is 30.4 Å². The zero-order valence-electron chi connectivity index (χ0n) is 27.6. The summed E-state index contributed by atoms with van der Waals surface area (Å²) in [6.45, 7) is 11.4. The number of fused-ring (bicyclic) bond motifs is 1. The predicted molar refractivity (Wildman–Crippen MR) is 181 cm³/mol. The van der Waals surface area contributed by atoms with E-state index in [0.29, 0.717) is 33.7 Å². The number of aromatic nitrogens is 1. The number of nitrogens with zero attached hydrogens (tertiary/aromatic N) is 2. The summed E-state index contributed by atoms with van der Waals surface area (Å²) in [6.07, 6.45) is 2.01. The third kappa shape index (κ3) is 7.07. The van der Waals surface area contributed by atoms with E-state index < -0.39 is 33.0 Å². The highest BCUT2D eigenvalue weighted by Crippen LogP contribution is 2.43. The van der Waals surface area contributed by atoms with Crippen LogP contribution in [0.4, 0.5) is 24.7 Å². The number of nitrogens with one attached hydrogen (secondary N) is 1. The zero-order valence-corrected chi connectivity index (χ0v) is 29.2. The maximum Gasteiger partial charge on any atom is 0.534 e. The third-order valence-electron chi connectivity index (χ3n) is 8.69. The normalized spacial score (nSPS) is 15.6. The first-order valence-corrected chi connectivity index (χ1v) is 17.1. The summed E-state index contributed by atoms with van der Waals surface area (Å²) in [7, 11) is -4.94. The number of carbonyl (C=O) groups is 1. The molecule has 0 unspecified atom stereocenters. The molecule has 5 rings (SSSR count). The van der Waals surface area contributed by atoms with E-state index in [4.69, 9.17) is 20.8 Å². The highest BCUT2D eigenvalue weighted by atomic mass is 35.5. The summed E-state index contributed by atoms with van der Waals surface area (Å²) in [4.78, 5) is 32.3. The predicted octanol–water partition coefficient (Wildman–Crippen LogP) is 7.97. The first-order valence-electron chi connectivity index (χ1n) is 15.3. The Hall–Kier alpha value is -4.30. The van der Waals surface area contributed by atoms with Crippen LogP contribution in [0.25, 0.3) is 22.2 Å². The minimum absolute atomic E-state index is 0.0414. The molecule has 262 valence electrons. The molecular formula is C34H35ClF3N3O7S. The molecule has 15 heteroatoms. The number of benzene rings is 2. The first-order chi connectivity index (χ1) is 22.9. The minimum Gasteiger partial charge on any atom is -0.495 e. The Balaban J connectivity index is 1.59. The molecule has 1 fully saturated rings. The maximum absolute atomic E-state index is 13.7. The van der Waals surface area contributed by atoms with Crippen molar-refractivity contribution in [3.63, 3.8) is 0 Å². The number of rotatable bonds is 9. The average molecular weight is 722 g/mol. The average Bonchev–Trinajstić information content (AvgIpc) is 3.02. The van der Waals surface area contributed by atoms with Gasteiger partial charge in [-0.1, -0.05) is 31.5 Å². The molecule has 3 heterocycles. The summed E-state index contributed by atoms with van der Waals surface area (Å²) in [6, 6.07) is 8.40. The fourth-order valence-electron chi connectivity index (χ4n) is 5.90. The van der Waals surface area contributed by atoms with Crippen LogP contribution in [0.1, 0.15) is 66.7 Å². The van der Waals surface area contributed by atoms with E-state index in [1.807, 2.05) is 19.9 Å². The Labute approximate surface area is 286 Å². The summed E-state index contributed by atoms with van der Waals surface area (Å²) in [5.74, 6) is -0.658. The van der Waals surface area contributed by atoms with Crippen molar-refractivity contribution in [2.24, 2.45) is 5.41 Å². The van der Waals surface area contributed by atoms with Crippen LogP contribution in [0.3, 0.4) is 0 Å². The van der Waals surface area contributed by atoms with Gasteiger partial charge in [0, 0.05) is 24.2 Å². The molecule has 0 amide bonds. The van der Waals surface area contributed by atoms with Crippen LogP contribution in [0.15, 0.2) is 45.6 Å². The van der Waals surface area contributed by atoms with Gasteiger partial charge in [0.15, 0.2) is 17.5 Å². The Bertz CT molecular complexity index is 2110. The SMILES string of the molecule is COc1c(-c2nc(Cl)ccc2N[C@H](C)c2cc(C)cc3c(=O)c(C)c(N4CCC(C)(C)CC4)oc23)ccc(OS(=O)(=O)C(F)(F)F)c1C=O. The topological polar surface area (TPSA) is 128 Å². The second-order valence-corrected chi connectivity index (χ2v) is 14.7. The number of pyridine rings is 1. The highest BCUT2D eigenvalue weighted by Gasteiger charge is 2.49. The number of aldehydes is 1. The number of halogens is 4. The number of alkyl halides is 3. The number of methoxy groups -OCH3 is 1. The lowest BCUT2D eigenvalue weighted by atomic mass is 9.82. The molecular weight excluding hydrogens is 687 g/mol. The van der Waals surface area contributed by atoms with Gasteiger partial charge in [-0.25, -0.2) is 4.98 Å². The smallest absolute Gasteiger partial charge is 0.495 e. The molecule has 1 aliphatic heterocycles. The molecule has 0 aliphatic carbocycles. The van der Waals surface area contributed by atoms with Crippen LogP contribution in [-0.4, -0.2) is 45.4 Å². The van der Waals surface area contributed by atoms with Crippen molar-refractivity contribution >= 4 is 50.5 Å². The molecule has 10 nitrogen and oxygen atoms in total. The summed E-state index contributed by atoms with van der Waals surface area (Å²) < 4.78 is 78.8. The van der Waals surface area contributed by atoms with Gasteiger partial charge < -0.3 is 23.6 Å². The van der Waals surface area contributed by atoms with E-state index in [0.717, 1.165) is 44.7 Å². The van der Waals surface area contributed by atoms with Crippen LogP contribution < -0.4 is 24.6 Å². The highest BCUT2D eigenvalue weighted by molar-refractivity contribution is 7.88. The largest absolute Gasteiger partial charge is 0.534 e. The molecule has 0 saturated carbocycles. The van der Waals surface area contributed by atoms with Gasteiger partial charge in [0.2, 0.25) is 5.88 Å². The van der Waals surface area contributed by atoms with Crippen molar-refractivity contribution in [1.82, 2.24) is 4.98 Å². The lowest BCUT2D eigenvalue weighted by molar-refractivity contribution is -0.0500. The number of hydrogen-bond acceptors (Lipinski definition) is 10. The molecule has 2 aromatic carbocycles. The van der Waals surface area contributed by atoms with Gasteiger partial charge >= 0.3 is 15.6 Å². The van der Waals surface area contributed by atoms with Crippen molar-refractivity contribution in [3.05, 3.63) is 74.0 Å². The monoisotopic (exact) mass is 721 g/mol. The standard InChI is InChI=1S/C34H35ClF3N3O7S/c1-18-15-22(31-23(16-18)29(43)19(2)32(47-31)41-13-11-33(4,5)12-14-41)20(3)39-25-8-10-27(35)40-28(25)21-7-9-26(24(17-42)30(21)46-6)48-49(44,45)34(36,37)38/h7-10,15-17,20,39H,11-14H2,1-6H3/t20-/m1/s1. The molecule has 0 spiro atoms. The Morgan fingerprint density at radius 3 is 2.41 bits per heavy atom. The minimum atomic E-state index is -6.09. The second kappa shape index (κ2) is 13.2. The molecule has 0 radical (unpaired) electrons. The Morgan fingerprint density at radius 2 is 1.80 bits per heavy atom. The maximum atomic E-state index is 13.7. The molecule has 2 aromatic heterocycles. The lowest BCUT2D eigenvalue weighted by Crippen LogP contribution is -2.38. The second-order valence-electron chi connectivity index (χ2n) is 12.8. The van der Waals surface area contributed by atoms with Crippen molar-refractivity contribution in [1.29, 1.82) is 0 Å². The van der Waals surface area contributed by atoms with Crippen LogP contribution >= 0.6 is 11.6 Å². The number of ether oxygens (including phenoxy) is 1. The van der Waals surface area contributed by atoms with E-state index in [2.05, 4.69) is 33.2 Å². The van der Waals surface area contributed by atoms with Gasteiger partial charge in [-0.05, 0) is 74.9 Å². The van der Waals surface area contributed by atoms with E-state index in [9.17, 15) is 31.2 Å². The van der Waals surface area contributed by atoms with Crippen LogP contribution in [0, 0.1) is 19.3 Å². The van der Waals surface area contributed by atoms with Crippen molar-refractivity contribution < 1.29 is 39.7 Å².